The number of ether oxygens (including phenoxy) is 4. The molecule has 1 aliphatic heterocycles. The number of nitro benzene ring substituents is 1. The molecule has 2 aromatic carbocycles. The van der Waals surface area contributed by atoms with Gasteiger partial charge in [-0.05, 0) is 35.9 Å². The van der Waals surface area contributed by atoms with Crippen LogP contribution in [-0.4, -0.2) is 38.1 Å². The van der Waals surface area contributed by atoms with Crippen LogP contribution in [0.2, 0.25) is 0 Å². The number of carbonyl (C=O) groups excluding carboxylic acids is 1. The molecule has 9 heteroatoms. The molecule has 28 heavy (non-hydrogen) atoms. The molecule has 0 saturated heterocycles. The zero-order valence-electron chi connectivity index (χ0n) is 15.3. The standard InChI is InChI=1S/C19H16N2O7/c1-25-13-6-11(7-14(10-13)26-2)8-15-19(22)28-18(20-15)12-4-5-17(27-3)16(9-12)21(23)24/h4-10H,1-3H3. The molecule has 0 saturated carbocycles. The number of cyclic esters (lactones) is 1. The lowest BCUT2D eigenvalue weighted by molar-refractivity contribution is -0.385. The average Bonchev–Trinajstić information content (AvgIpc) is 3.07. The summed E-state index contributed by atoms with van der Waals surface area (Å²) in [7, 11) is 4.36. The first-order valence-electron chi connectivity index (χ1n) is 8.03. The van der Waals surface area contributed by atoms with Crippen molar-refractivity contribution < 1.29 is 28.7 Å². The van der Waals surface area contributed by atoms with E-state index in [0.717, 1.165) is 0 Å². The van der Waals surface area contributed by atoms with Gasteiger partial charge in [-0.15, -0.1) is 0 Å². The number of rotatable bonds is 6. The normalized spacial score (nSPS) is 14.5. The maximum Gasteiger partial charge on any atom is 0.363 e. The zero-order valence-corrected chi connectivity index (χ0v) is 15.3. The molecule has 0 spiro atoms. The SMILES string of the molecule is COc1cc(C=C2N=C(c3ccc(OC)c([N+](=O)[O-])c3)OC2=O)cc(OC)c1. The Morgan fingerprint density at radius 1 is 1.04 bits per heavy atom. The number of aliphatic imine (C=N–C) groups is 1. The summed E-state index contributed by atoms with van der Waals surface area (Å²) in [4.78, 5) is 26.9. The quantitative estimate of drug-likeness (QED) is 0.326. The van der Waals surface area contributed by atoms with Gasteiger partial charge in [-0.1, -0.05) is 0 Å². The van der Waals surface area contributed by atoms with Crippen molar-refractivity contribution in [2.75, 3.05) is 21.3 Å². The summed E-state index contributed by atoms with van der Waals surface area (Å²) in [5.41, 5.74) is 0.693. The maximum atomic E-state index is 12.2. The lowest BCUT2D eigenvalue weighted by Crippen LogP contribution is -2.06. The van der Waals surface area contributed by atoms with Crippen molar-refractivity contribution in [2.24, 2.45) is 4.99 Å². The van der Waals surface area contributed by atoms with Crippen LogP contribution in [0.25, 0.3) is 6.08 Å². The predicted molar refractivity (Wildman–Crippen MR) is 99.8 cm³/mol. The molecule has 1 aliphatic rings. The zero-order chi connectivity index (χ0) is 20.3. The fourth-order valence-corrected chi connectivity index (χ4v) is 2.57. The molecule has 144 valence electrons. The highest BCUT2D eigenvalue weighted by molar-refractivity contribution is 6.13. The van der Waals surface area contributed by atoms with Gasteiger partial charge >= 0.3 is 11.7 Å². The second kappa shape index (κ2) is 7.78. The monoisotopic (exact) mass is 384 g/mol. The third-order valence-electron chi connectivity index (χ3n) is 3.92. The van der Waals surface area contributed by atoms with Crippen LogP contribution in [0, 0.1) is 10.1 Å². The first-order chi connectivity index (χ1) is 13.4. The van der Waals surface area contributed by atoms with Crippen molar-refractivity contribution in [2.45, 2.75) is 0 Å². The number of benzene rings is 2. The van der Waals surface area contributed by atoms with Gasteiger partial charge in [0.05, 0.1) is 26.3 Å². The summed E-state index contributed by atoms with van der Waals surface area (Å²) in [6.45, 7) is 0. The highest BCUT2D eigenvalue weighted by Gasteiger charge is 2.26. The van der Waals surface area contributed by atoms with Gasteiger partial charge in [-0.3, -0.25) is 10.1 Å². The van der Waals surface area contributed by atoms with E-state index in [9.17, 15) is 14.9 Å². The van der Waals surface area contributed by atoms with E-state index in [4.69, 9.17) is 18.9 Å². The van der Waals surface area contributed by atoms with Gasteiger partial charge in [-0.25, -0.2) is 9.79 Å². The highest BCUT2D eigenvalue weighted by atomic mass is 16.6. The smallest absolute Gasteiger partial charge is 0.363 e. The van der Waals surface area contributed by atoms with E-state index in [0.29, 0.717) is 17.1 Å². The number of nitro groups is 1. The van der Waals surface area contributed by atoms with Crippen molar-refractivity contribution in [1.82, 2.24) is 0 Å². The molecule has 3 rings (SSSR count). The number of nitrogens with zero attached hydrogens (tertiary/aromatic N) is 2. The average molecular weight is 384 g/mol. The summed E-state index contributed by atoms with van der Waals surface area (Å²) >= 11 is 0. The van der Waals surface area contributed by atoms with E-state index >= 15 is 0 Å². The van der Waals surface area contributed by atoms with E-state index in [2.05, 4.69) is 4.99 Å². The molecular weight excluding hydrogens is 368 g/mol. The Bertz CT molecular complexity index is 989. The van der Waals surface area contributed by atoms with Crippen molar-refractivity contribution in [3.63, 3.8) is 0 Å². The minimum Gasteiger partial charge on any atom is -0.497 e. The van der Waals surface area contributed by atoms with Gasteiger partial charge in [0.15, 0.2) is 11.4 Å². The van der Waals surface area contributed by atoms with Crippen molar-refractivity contribution in [3.8, 4) is 17.2 Å². The van der Waals surface area contributed by atoms with E-state index in [-0.39, 0.29) is 28.6 Å². The summed E-state index contributed by atoms with van der Waals surface area (Å²) in [5.74, 6) is 0.491. The molecule has 2 aromatic rings. The van der Waals surface area contributed by atoms with Gasteiger partial charge in [0.25, 0.3) is 0 Å². The predicted octanol–water partition coefficient (Wildman–Crippen LogP) is 2.97. The van der Waals surface area contributed by atoms with Crippen LogP contribution in [0.3, 0.4) is 0 Å². The Balaban J connectivity index is 1.99. The lowest BCUT2D eigenvalue weighted by atomic mass is 10.1. The minimum absolute atomic E-state index is 0.0307. The summed E-state index contributed by atoms with van der Waals surface area (Å²) in [6.07, 6.45) is 1.51. The number of methoxy groups -OCH3 is 3. The Hall–Kier alpha value is -3.88. The van der Waals surface area contributed by atoms with Gasteiger partial charge in [0.1, 0.15) is 11.5 Å². The van der Waals surface area contributed by atoms with Crippen LogP contribution < -0.4 is 14.2 Å². The first-order valence-corrected chi connectivity index (χ1v) is 8.03. The molecule has 0 fully saturated rings. The molecule has 0 aliphatic carbocycles. The van der Waals surface area contributed by atoms with Crippen molar-refractivity contribution in [1.29, 1.82) is 0 Å². The van der Waals surface area contributed by atoms with E-state index in [1.807, 2.05) is 0 Å². The molecule has 1 heterocycles. The molecule has 0 amide bonds. The second-order valence-electron chi connectivity index (χ2n) is 5.63. The van der Waals surface area contributed by atoms with Crippen LogP contribution >= 0.6 is 0 Å². The van der Waals surface area contributed by atoms with Crippen molar-refractivity contribution >= 4 is 23.6 Å². The van der Waals surface area contributed by atoms with Gasteiger partial charge in [-0.2, -0.15) is 0 Å². The number of carbonyl (C=O) groups is 1. The van der Waals surface area contributed by atoms with Crippen LogP contribution in [0.4, 0.5) is 5.69 Å². The number of hydrogen-bond acceptors (Lipinski definition) is 8. The van der Waals surface area contributed by atoms with E-state index in [1.165, 1.54) is 45.6 Å². The van der Waals surface area contributed by atoms with Gasteiger partial charge in [0.2, 0.25) is 5.90 Å². The van der Waals surface area contributed by atoms with Gasteiger partial charge in [0, 0.05) is 17.7 Å². The van der Waals surface area contributed by atoms with Crippen molar-refractivity contribution in [3.05, 3.63) is 63.3 Å². The topological polar surface area (TPSA) is 109 Å². The summed E-state index contributed by atoms with van der Waals surface area (Å²) in [6, 6.07) is 9.28. The van der Waals surface area contributed by atoms with Crippen LogP contribution in [0.5, 0.6) is 17.2 Å². The Labute approximate surface area is 160 Å². The fourth-order valence-electron chi connectivity index (χ4n) is 2.57. The summed E-state index contributed by atoms with van der Waals surface area (Å²) in [5, 5.41) is 11.2. The molecule has 0 radical (unpaired) electrons. The number of esters is 1. The first kappa shape index (κ1) is 18.9. The Morgan fingerprint density at radius 3 is 2.29 bits per heavy atom. The molecule has 0 unspecified atom stereocenters. The second-order valence-corrected chi connectivity index (χ2v) is 5.63. The largest absolute Gasteiger partial charge is 0.497 e. The Morgan fingerprint density at radius 2 is 1.71 bits per heavy atom. The summed E-state index contributed by atoms with van der Waals surface area (Å²) < 4.78 is 20.5. The number of hydrogen-bond donors (Lipinski definition) is 0. The molecule has 0 N–H and O–H groups in total. The fraction of sp³-hybridized carbons (Fsp3) is 0.158. The van der Waals surface area contributed by atoms with Crippen LogP contribution in [0.1, 0.15) is 11.1 Å². The molecule has 0 aromatic heterocycles. The highest BCUT2D eigenvalue weighted by Crippen LogP contribution is 2.30. The molecule has 0 atom stereocenters. The van der Waals surface area contributed by atoms with E-state index in [1.54, 1.807) is 18.2 Å². The third kappa shape index (κ3) is 3.78. The molecular formula is C19H16N2O7. The van der Waals surface area contributed by atoms with Gasteiger partial charge < -0.3 is 18.9 Å². The lowest BCUT2D eigenvalue weighted by Gasteiger charge is -2.05. The minimum atomic E-state index is -0.671. The third-order valence-corrected chi connectivity index (χ3v) is 3.92. The molecule has 0 bridgehead atoms. The van der Waals surface area contributed by atoms with Crippen LogP contribution in [-0.2, 0) is 9.53 Å². The Kier molecular flexibility index (Phi) is 5.25. The van der Waals surface area contributed by atoms with Crippen LogP contribution in [0.15, 0.2) is 47.1 Å². The maximum absolute atomic E-state index is 12.2. The van der Waals surface area contributed by atoms with E-state index < -0.39 is 10.9 Å². The molecule has 9 nitrogen and oxygen atoms in total.